The highest BCUT2D eigenvalue weighted by Crippen LogP contribution is 2.10. The summed E-state index contributed by atoms with van der Waals surface area (Å²) in [5, 5.41) is 2.56. The van der Waals surface area contributed by atoms with Crippen molar-refractivity contribution < 1.29 is 18.3 Å². The number of halogens is 2. The van der Waals surface area contributed by atoms with Gasteiger partial charge in [0.05, 0.1) is 13.0 Å². The fraction of sp³-hybridized carbons (Fsp3) is 0.188. The topological polar surface area (TPSA) is 38.3 Å². The van der Waals surface area contributed by atoms with Crippen LogP contribution in [-0.4, -0.2) is 12.5 Å². The molecular weight excluding hydrogens is 276 g/mol. The lowest BCUT2D eigenvalue weighted by molar-refractivity contribution is -0.121. The normalized spacial score (nSPS) is 10.2. The predicted octanol–water partition coefficient (Wildman–Crippen LogP) is 3.05. The quantitative estimate of drug-likeness (QED) is 0.888. The molecule has 0 fully saturated rings. The Kier molecular flexibility index (Phi) is 5.26. The minimum atomic E-state index is -0.671. The number of amides is 1. The third kappa shape index (κ3) is 4.87. The van der Waals surface area contributed by atoms with E-state index in [0.717, 1.165) is 12.1 Å². The van der Waals surface area contributed by atoms with Crippen LogP contribution in [0.2, 0.25) is 0 Å². The minimum Gasteiger partial charge on any atom is -0.493 e. The second-order valence-corrected chi connectivity index (χ2v) is 4.42. The standard InChI is InChI=1S/C16H15F2NO2/c17-13-7-6-12(15(18)10-13)11-19-16(20)8-9-21-14-4-2-1-3-5-14/h1-7,10H,8-9,11H2,(H,19,20). The second-order valence-electron chi connectivity index (χ2n) is 4.42. The van der Waals surface area contributed by atoms with Crippen molar-refractivity contribution >= 4 is 5.91 Å². The van der Waals surface area contributed by atoms with Gasteiger partial charge in [0.25, 0.3) is 0 Å². The number of nitrogens with one attached hydrogen (secondary N) is 1. The van der Waals surface area contributed by atoms with Gasteiger partial charge in [-0.1, -0.05) is 24.3 Å². The Balaban J connectivity index is 1.72. The molecule has 0 spiro atoms. The molecule has 0 heterocycles. The van der Waals surface area contributed by atoms with Crippen LogP contribution in [0, 0.1) is 11.6 Å². The van der Waals surface area contributed by atoms with Gasteiger partial charge in [0, 0.05) is 18.2 Å². The molecular formula is C16H15F2NO2. The molecule has 0 radical (unpaired) electrons. The van der Waals surface area contributed by atoms with Crippen molar-refractivity contribution in [3.8, 4) is 5.75 Å². The highest BCUT2D eigenvalue weighted by atomic mass is 19.1. The lowest BCUT2D eigenvalue weighted by Crippen LogP contribution is -2.24. The highest BCUT2D eigenvalue weighted by Gasteiger charge is 2.06. The number of carbonyl (C=O) groups is 1. The van der Waals surface area contributed by atoms with Crippen LogP contribution < -0.4 is 10.1 Å². The molecule has 0 saturated carbocycles. The third-order valence-corrected chi connectivity index (χ3v) is 2.83. The molecule has 110 valence electrons. The van der Waals surface area contributed by atoms with E-state index in [9.17, 15) is 13.6 Å². The Morgan fingerprint density at radius 2 is 1.86 bits per heavy atom. The molecule has 0 aliphatic carbocycles. The van der Waals surface area contributed by atoms with Crippen LogP contribution in [0.25, 0.3) is 0 Å². The van der Waals surface area contributed by atoms with Crippen LogP contribution in [0.1, 0.15) is 12.0 Å². The molecule has 1 amide bonds. The molecule has 5 heteroatoms. The van der Waals surface area contributed by atoms with Gasteiger partial charge in [-0.2, -0.15) is 0 Å². The molecule has 1 N–H and O–H groups in total. The van der Waals surface area contributed by atoms with E-state index in [1.807, 2.05) is 18.2 Å². The van der Waals surface area contributed by atoms with Crippen molar-refractivity contribution in [2.24, 2.45) is 0 Å². The average molecular weight is 291 g/mol. The number of hydrogen-bond acceptors (Lipinski definition) is 2. The Bertz CT molecular complexity index is 602. The monoisotopic (exact) mass is 291 g/mol. The van der Waals surface area contributed by atoms with Crippen LogP contribution in [0.15, 0.2) is 48.5 Å². The molecule has 0 aromatic heterocycles. The first-order chi connectivity index (χ1) is 10.1. The Labute approximate surface area is 121 Å². The summed E-state index contributed by atoms with van der Waals surface area (Å²) in [5.41, 5.74) is 0.244. The van der Waals surface area contributed by atoms with Gasteiger partial charge < -0.3 is 10.1 Å². The van der Waals surface area contributed by atoms with Crippen molar-refractivity contribution in [2.75, 3.05) is 6.61 Å². The van der Waals surface area contributed by atoms with Crippen molar-refractivity contribution in [3.63, 3.8) is 0 Å². The van der Waals surface area contributed by atoms with Crippen molar-refractivity contribution in [3.05, 3.63) is 65.7 Å². The molecule has 0 aliphatic heterocycles. The molecule has 21 heavy (non-hydrogen) atoms. The summed E-state index contributed by atoms with van der Waals surface area (Å²) >= 11 is 0. The van der Waals surface area contributed by atoms with E-state index in [1.165, 1.54) is 6.07 Å². The molecule has 2 aromatic carbocycles. The molecule has 0 atom stereocenters. The van der Waals surface area contributed by atoms with Crippen LogP contribution >= 0.6 is 0 Å². The van der Waals surface area contributed by atoms with Gasteiger partial charge >= 0.3 is 0 Å². The fourth-order valence-corrected chi connectivity index (χ4v) is 1.73. The summed E-state index contributed by atoms with van der Waals surface area (Å²) < 4.78 is 31.5. The first-order valence-electron chi connectivity index (χ1n) is 6.53. The number of para-hydroxylation sites is 1. The summed E-state index contributed by atoms with van der Waals surface area (Å²) in [6.07, 6.45) is 0.164. The van der Waals surface area contributed by atoms with Crippen molar-refractivity contribution in [1.82, 2.24) is 5.32 Å². The number of carbonyl (C=O) groups excluding carboxylic acids is 1. The summed E-state index contributed by atoms with van der Waals surface area (Å²) in [4.78, 5) is 11.6. The summed E-state index contributed by atoms with van der Waals surface area (Å²) in [6, 6.07) is 12.4. The minimum absolute atomic E-state index is 0.0241. The van der Waals surface area contributed by atoms with E-state index in [0.29, 0.717) is 5.75 Å². The van der Waals surface area contributed by atoms with Gasteiger partial charge in [-0.15, -0.1) is 0 Å². The maximum atomic E-state index is 13.4. The molecule has 0 aliphatic rings. The van der Waals surface area contributed by atoms with Crippen LogP contribution in [-0.2, 0) is 11.3 Å². The van der Waals surface area contributed by atoms with E-state index >= 15 is 0 Å². The number of benzene rings is 2. The maximum Gasteiger partial charge on any atom is 0.223 e. The Morgan fingerprint density at radius 3 is 2.57 bits per heavy atom. The lowest BCUT2D eigenvalue weighted by atomic mass is 10.2. The van der Waals surface area contributed by atoms with Crippen LogP contribution in [0.3, 0.4) is 0 Å². The van der Waals surface area contributed by atoms with E-state index < -0.39 is 11.6 Å². The zero-order chi connectivity index (χ0) is 15.1. The van der Waals surface area contributed by atoms with E-state index in [-0.39, 0.29) is 31.0 Å². The van der Waals surface area contributed by atoms with Crippen molar-refractivity contribution in [1.29, 1.82) is 0 Å². The SMILES string of the molecule is O=C(CCOc1ccccc1)NCc1ccc(F)cc1F. The average Bonchev–Trinajstić information content (AvgIpc) is 2.47. The van der Waals surface area contributed by atoms with Gasteiger partial charge in [-0.05, 0) is 18.2 Å². The van der Waals surface area contributed by atoms with E-state index in [2.05, 4.69) is 5.32 Å². The number of hydrogen-bond donors (Lipinski definition) is 1. The van der Waals surface area contributed by atoms with Crippen LogP contribution in [0.5, 0.6) is 5.75 Å². The van der Waals surface area contributed by atoms with Gasteiger partial charge in [-0.3, -0.25) is 4.79 Å². The van der Waals surface area contributed by atoms with Crippen molar-refractivity contribution in [2.45, 2.75) is 13.0 Å². The molecule has 0 saturated heterocycles. The molecule has 0 bridgehead atoms. The largest absolute Gasteiger partial charge is 0.493 e. The van der Waals surface area contributed by atoms with Gasteiger partial charge in [-0.25, -0.2) is 8.78 Å². The summed E-state index contributed by atoms with van der Waals surface area (Å²) in [6.45, 7) is 0.262. The number of ether oxygens (including phenoxy) is 1. The Morgan fingerprint density at radius 1 is 1.10 bits per heavy atom. The molecule has 3 nitrogen and oxygen atoms in total. The predicted molar refractivity (Wildman–Crippen MR) is 74.8 cm³/mol. The molecule has 0 unspecified atom stereocenters. The summed E-state index contributed by atoms with van der Waals surface area (Å²) in [7, 11) is 0. The smallest absolute Gasteiger partial charge is 0.223 e. The second kappa shape index (κ2) is 7.38. The zero-order valence-corrected chi connectivity index (χ0v) is 11.3. The van der Waals surface area contributed by atoms with Crippen LogP contribution in [0.4, 0.5) is 8.78 Å². The fourth-order valence-electron chi connectivity index (χ4n) is 1.73. The zero-order valence-electron chi connectivity index (χ0n) is 11.3. The maximum absolute atomic E-state index is 13.4. The number of rotatable bonds is 6. The molecule has 2 rings (SSSR count). The van der Waals surface area contributed by atoms with Gasteiger partial charge in [0.15, 0.2) is 0 Å². The molecule has 2 aromatic rings. The van der Waals surface area contributed by atoms with Gasteiger partial charge in [0.1, 0.15) is 17.4 Å². The highest BCUT2D eigenvalue weighted by molar-refractivity contribution is 5.76. The van der Waals surface area contributed by atoms with E-state index in [1.54, 1.807) is 12.1 Å². The summed E-state index contributed by atoms with van der Waals surface area (Å²) in [5.74, 6) is -0.876. The lowest BCUT2D eigenvalue weighted by Gasteiger charge is -2.08. The first kappa shape index (κ1) is 15.0. The van der Waals surface area contributed by atoms with Gasteiger partial charge in [0.2, 0.25) is 5.91 Å². The third-order valence-electron chi connectivity index (χ3n) is 2.83. The van der Waals surface area contributed by atoms with E-state index in [4.69, 9.17) is 4.74 Å². The first-order valence-corrected chi connectivity index (χ1v) is 6.53. The Hall–Kier alpha value is -2.43.